The second-order valence-corrected chi connectivity index (χ2v) is 3.36. The fraction of sp³-hybridized carbons (Fsp3) is 0.273. The highest BCUT2D eigenvalue weighted by atomic mass is 35.5. The summed E-state index contributed by atoms with van der Waals surface area (Å²) in [6.45, 7) is 1.95. The molecular weight excluding hydrogens is 184 g/mol. The van der Waals surface area contributed by atoms with Crippen LogP contribution in [0, 0.1) is 19.3 Å². The second-order valence-electron chi connectivity index (χ2n) is 2.95. The minimum absolute atomic E-state index is 0.294. The lowest BCUT2D eigenvalue weighted by Gasteiger charge is -2.09. The molecule has 13 heavy (non-hydrogen) atoms. The Morgan fingerprint density at radius 3 is 2.85 bits per heavy atom. The molecule has 0 fully saturated rings. The first-order valence-electron chi connectivity index (χ1n) is 4.02. The summed E-state index contributed by atoms with van der Waals surface area (Å²) in [5, 5.41) is 10.1. The van der Waals surface area contributed by atoms with Crippen LogP contribution in [0.1, 0.15) is 23.7 Å². The van der Waals surface area contributed by atoms with Gasteiger partial charge in [-0.3, -0.25) is 0 Å². The van der Waals surface area contributed by atoms with E-state index in [0.29, 0.717) is 17.0 Å². The minimum atomic E-state index is -0.655. The lowest BCUT2D eigenvalue weighted by molar-refractivity contribution is 0.184. The molecule has 0 spiro atoms. The molecular formula is C11H11ClO. The van der Waals surface area contributed by atoms with Crippen molar-refractivity contribution >= 4 is 11.6 Å². The first-order chi connectivity index (χ1) is 6.15. The highest BCUT2D eigenvalue weighted by molar-refractivity contribution is 6.31. The van der Waals surface area contributed by atoms with Gasteiger partial charge in [0.15, 0.2) is 0 Å². The van der Waals surface area contributed by atoms with Gasteiger partial charge in [-0.15, -0.1) is 12.3 Å². The van der Waals surface area contributed by atoms with Crippen molar-refractivity contribution in [2.24, 2.45) is 0 Å². The molecule has 68 valence electrons. The van der Waals surface area contributed by atoms with E-state index >= 15 is 0 Å². The predicted octanol–water partition coefficient (Wildman–Crippen LogP) is 2.71. The summed E-state index contributed by atoms with van der Waals surface area (Å²) < 4.78 is 0. The lowest BCUT2D eigenvalue weighted by atomic mass is 10.1. The van der Waals surface area contributed by atoms with Gasteiger partial charge in [-0.1, -0.05) is 23.7 Å². The monoisotopic (exact) mass is 194 g/mol. The van der Waals surface area contributed by atoms with Crippen molar-refractivity contribution in [2.75, 3.05) is 0 Å². The molecule has 0 aliphatic rings. The Labute approximate surface area is 83.4 Å². The number of rotatable bonds is 2. The van der Waals surface area contributed by atoms with Gasteiger partial charge in [0.05, 0.1) is 6.10 Å². The molecule has 0 amide bonds. The average Bonchev–Trinajstić information content (AvgIpc) is 2.04. The zero-order valence-corrected chi connectivity index (χ0v) is 8.17. The summed E-state index contributed by atoms with van der Waals surface area (Å²) in [4.78, 5) is 0. The largest absolute Gasteiger partial charge is 0.387 e. The topological polar surface area (TPSA) is 20.2 Å². The van der Waals surface area contributed by atoms with E-state index in [1.165, 1.54) is 0 Å². The summed E-state index contributed by atoms with van der Waals surface area (Å²) in [6, 6.07) is 5.53. The van der Waals surface area contributed by atoms with E-state index in [-0.39, 0.29) is 0 Å². The van der Waals surface area contributed by atoms with E-state index in [0.717, 1.165) is 5.56 Å². The van der Waals surface area contributed by atoms with Crippen LogP contribution in [-0.2, 0) is 0 Å². The number of hydrogen-bond donors (Lipinski definition) is 1. The number of aliphatic hydroxyl groups is 1. The number of halogens is 1. The molecule has 1 atom stereocenters. The highest BCUT2D eigenvalue weighted by Gasteiger charge is 2.09. The lowest BCUT2D eigenvalue weighted by Crippen LogP contribution is -1.96. The summed E-state index contributed by atoms with van der Waals surface area (Å²) in [5.74, 6) is 2.40. The first kappa shape index (κ1) is 10.1. The third-order valence-corrected chi connectivity index (χ3v) is 2.15. The summed E-state index contributed by atoms with van der Waals surface area (Å²) in [7, 11) is 0. The van der Waals surface area contributed by atoms with Gasteiger partial charge in [0.25, 0.3) is 0 Å². The van der Waals surface area contributed by atoms with Crippen LogP contribution in [-0.4, -0.2) is 5.11 Å². The molecule has 1 aromatic carbocycles. The summed E-state index contributed by atoms with van der Waals surface area (Å²) >= 11 is 5.93. The van der Waals surface area contributed by atoms with Crippen molar-refractivity contribution in [3.05, 3.63) is 34.3 Å². The molecule has 1 aromatic rings. The van der Waals surface area contributed by atoms with Crippen molar-refractivity contribution in [3.8, 4) is 12.3 Å². The zero-order chi connectivity index (χ0) is 9.84. The van der Waals surface area contributed by atoms with Crippen molar-refractivity contribution in [3.63, 3.8) is 0 Å². The van der Waals surface area contributed by atoms with Crippen LogP contribution in [0.5, 0.6) is 0 Å². The van der Waals surface area contributed by atoms with E-state index in [4.69, 9.17) is 18.0 Å². The maximum Gasteiger partial charge on any atom is 0.0913 e. The molecule has 0 aromatic heterocycles. The number of terminal acetylenes is 1. The van der Waals surface area contributed by atoms with E-state index in [1.54, 1.807) is 6.07 Å². The van der Waals surface area contributed by atoms with Crippen LogP contribution in [0.15, 0.2) is 18.2 Å². The molecule has 1 rings (SSSR count). The second kappa shape index (κ2) is 4.32. The molecule has 1 nitrogen and oxygen atoms in total. The van der Waals surface area contributed by atoms with Crippen LogP contribution in [0.4, 0.5) is 0 Å². The number of aryl methyl sites for hydroxylation is 1. The first-order valence-corrected chi connectivity index (χ1v) is 4.40. The van der Waals surface area contributed by atoms with E-state index in [2.05, 4.69) is 5.92 Å². The van der Waals surface area contributed by atoms with E-state index < -0.39 is 6.10 Å². The molecule has 0 heterocycles. The maximum atomic E-state index is 9.57. The van der Waals surface area contributed by atoms with Crippen molar-refractivity contribution in [1.82, 2.24) is 0 Å². The molecule has 0 saturated heterocycles. The Bertz CT molecular complexity index is 338. The third-order valence-electron chi connectivity index (χ3n) is 1.83. The molecule has 0 aliphatic heterocycles. The van der Waals surface area contributed by atoms with Gasteiger partial charge in [-0.05, 0) is 18.6 Å². The van der Waals surface area contributed by atoms with Gasteiger partial charge >= 0.3 is 0 Å². The number of hydrogen-bond acceptors (Lipinski definition) is 1. The standard InChI is InChI=1S/C11H11ClO/c1-3-4-11(13)9-6-5-8(2)7-10(9)12/h1,5-7,11,13H,4H2,2H3. The third kappa shape index (κ3) is 2.48. The molecule has 2 heteroatoms. The highest BCUT2D eigenvalue weighted by Crippen LogP contribution is 2.25. The molecule has 0 aliphatic carbocycles. The van der Waals surface area contributed by atoms with E-state index in [9.17, 15) is 5.11 Å². The van der Waals surface area contributed by atoms with Gasteiger partial charge in [-0.25, -0.2) is 0 Å². The van der Waals surface area contributed by atoms with Crippen LogP contribution in [0.2, 0.25) is 5.02 Å². The van der Waals surface area contributed by atoms with Gasteiger partial charge in [0.2, 0.25) is 0 Å². The molecule has 0 radical (unpaired) electrons. The smallest absolute Gasteiger partial charge is 0.0913 e. The van der Waals surface area contributed by atoms with Crippen molar-refractivity contribution < 1.29 is 5.11 Å². The van der Waals surface area contributed by atoms with Gasteiger partial charge in [-0.2, -0.15) is 0 Å². The summed E-state index contributed by atoms with van der Waals surface area (Å²) in [5.41, 5.74) is 1.77. The fourth-order valence-corrected chi connectivity index (χ4v) is 1.49. The molecule has 0 bridgehead atoms. The van der Waals surface area contributed by atoms with Crippen LogP contribution in [0.25, 0.3) is 0 Å². The molecule has 1 unspecified atom stereocenters. The normalized spacial score (nSPS) is 12.2. The molecule has 0 saturated carbocycles. The Hall–Kier alpha value is -0.970. The zero-order valence-electron chi connectivity index (χ0n) is 7.42. The number of benzene rings is 1. The SMILES string of the molecule is C#CCC(O)c1ccc(C)cc1Cl. The van der Waals surface area contributed by atoms with Crippen LogP contribution in [0.3, 0.4) is 0 Å². The van der Waals surface area contributed by atoms with Gasteiger partial charge < -0.3 is 5.11 Å². The predicted molar refractivity (Wildman–Crippen MR) is 54.6 cm³/mol. The minimum Gasteiger partial charge on any atom is -0.387 e. The average molecular weight is 195 g/mol. The van der Waals surface area contributed by atoms with Crippen LogP contribution >= 0.6 is 11.6 Å². The Balaban J connectivity index is 2.96. The number of aliphatic hydroxyl groups excluding tert-OH is 1. The summed E-state index contributed by atoms with van der Waals surface area (Å²) in [6.07, 6.45) is 4.73. The Morgan fingerprint density at radius 1 is 1.62 bits per heavy atom. The molecule has 1 N–H and O–H groups in total. The quantitative estimate of drug-likeness (QED) is 0.718. The fourth-order valence-electron chi connectivity index (χ4n) is 1.12. The Kier molecular flexibility index (Phi) is 3.36. The van der Waals surface area contributed by atoms with Gasteiger partial charge in [0.1, 0.15) is 0 Å². The van der Waals surface area contributed by atoms with E-state index in [1.807, 2.05) is 19.1 Å². The van der Waals surface area contributed by atoms with Crippen molar-refractivity contribution in [2.45, 2.75) is 19.4 Å². The van der Waals surface area contributed by atoms with Crippen molar-refractivity contribution in [1.29, 1.82) is 0 Å². The van der Waals surface area contributed by atoms with Gasteiger partial charge in [0, 0.05) is 17.0 Å². The Morgan fingerprint density at radius 2 is 2.31 bits per heavy atom. The maximum absolute atomic E-state index is 9.57. The van der Waals surface area contributed by atoms with Crippen LogP contribution < -0.4 is 0 Å².